The molecule has 0 amide bonds. The van der Waals surface area contributed by atoms with E-state index < -0.39 is 0 Å². The van der Waals surface area contributed by atoms with Crippen LogP contribution in [0.15, 0.2) is 109 Å². The summed E-state index contributed by atoms with van der Waals surface area (Å²) in [6, 6.07) is 34.5. The minimum Gasteiger partial charge on any atom is -0.496 e. The average molecular weight is 774 g/mol. The van der Waals surface area contributed by atoms with Crippen LogP contribution >= 0.6 is 45.2 Å². The Hall–Kier alpha value is -3.76. The lowest BCUT2D eigenvalue weighted by molar-refractivity contribution is 0.103. The van der Waals surface area contributed by atoms with Crippen LogP contribution < -0.4 is 9.47 Å². The summed E-state index contributed by atoms with van der Waals surface area (Å²) >= 11 is 4.46. The second kappa shape index (κ2) is 11.9. The maximum absolute atomic E-state index is 13.3. The fraction of sp³-hybridized carbons (Fsp3) is 0.0556. The predicted octanol–water partition coefficient (Wildman–Crippen LogP) is 9.35. The van der Waals surface area contributed by atoms with Crippen molar-refractivity contribution >= 4 is 78.3 Å². The van der Waals surface area contributed by atoms with E-state index in [0.29, 0.717) is 33.8 Å². The van der Waals surface area contributed by atoms with Crippen LogP contribution in [0.3, 0.4) is 0 Å². The van der Waals surface area contributed by atoms with Gasteiger partial charge in [0.25, 0.3) is 0 Å². The first-order valence-electron chi connectivity index (χ1n) is 13.2. The van der Waals surface area contributed by atoms with Gasteiger partial charge in [-0.15, -0.1) is 0 Å². The zero-order valence-electron chi connectivity index (χ0n) is 22.8. The lowest BCUT2D eigenvalue weighted by Gasteiger charge is -2.18. The van der Waals surface area contributed by atoms with E-state index in [1.165, 1.54) is 0 Å². The van der Waals surface area contributed by atoms with Gasteiger partial charge in [0.05, 0.1) is 14.2 Å². The predicted molar refractivity (Wildman–Crippen MR) is 185 cm³/mol. The van der Waals surface area contributed by atoms with Crippen molar-refractivity contribution in [1.29, 1.82) is 0 Å². The summed E-state index contributed by atoms with van der Waals surface area (Å²) in [6.07, 6.45) is 0. The van der Waals surface area contributed by atoms with Crippen molar-refractivity contribution < 1.29 is 19.1 Å². The monoisotopic (exact) mass is 774 g/mol. The third-order valence-electron chi connectivity index (χ3n) is 7.39. The van der Waals surface area contributed by atoms with Crippen LogP contribution in [-0.2, 0) is 0 Å². The molecule has 6 aromatic rings. The third-order valence-corrected chi connectivity index (χ3v) is 8.83. The number of fused-ring (bicyclic) bond motifs is 2. The molecule has 0 saturated carbocycles. The summed E-state index contributed by atoms with van der Waals surface area (Å²) < 4.78 is 13.9. The number of methoxy groups -OCH3 is 2. The van der Waals surface area contributed by atoms with Crippen molar-refractivity contribution in [1.82, 2.24) is 0 Å². The molecule has 42 heavy (non-hydrogen) atoms. The molecule has 0 spiro atoms. The summed E-state index contributed by atoms with van der Waals surface area (Å²) in [5.41, 5.74) is 4.25. The van der Waals surface area contributed by atoms with Crippen molar-refractivity contribution in [3.8, 4) is 22.6 Å². The number of hydrogen-bond donors (Lipinski definition) is 0. The van der Waals surface area contributed by atoms with Crippen LogP contribution in [0.25, 0.3) is 32.7 Å². The Morgan fingerprint density at radius 1 is 0.476 bits per heavy atom. The first-order chi connectivity index (χ1) is 20.4. The van der Waals surface area contributed by atoms with Gasteiger partial charge in [-0.2, -0.15) is 0 Å². The number of halogens is 2. The molecule has 6 rings (SSSR count). The zero-order chi connectivity index (χ0) is 29.4. The Kier molecular flexibility index (Phi) is 8.00. The molecule has 206 valence electrons. The Balaban J connectivity index is 1.51. The van der Waals surface area contributed by atoms with Crippen LogP contribution in [-0.4, -0.2) is 25.8 Å². The van der Waals surface area contributed by atoms with Crippen LogP contribution in [0.1, 0.15) is 31.8 Å². The molecule has 6 aromatic carbocycles. The molecule has 0 aromatic heterocycles. The van der Waals surface area contributed by atoms with Crippen LogP contribution in [0.2, 0.25) is 0 Å². The van der Waals surface area contributed by atoms with Gasteiger partial charge in [0.2, 0.25) is 0 Å². The van der Waals surface area contributed by atoms with Crippen molar-refractivity contribution in [2.75, 3.05) is 14.2 Å². The molecule has 0 aliphatic heterocycles. The quantitative estimate of drug-likeness (QED) is 0.120. The number of ketones is 2. The van der Waals surface area contributed by atoms with E-state index in [2.05, 4.69) is 45.2 Å². The van der Waals surface area contributed by atoms with E-state index >= 15 is 0 Å². The maximum Gasteiger partial charge on any atom is 0.193 e. The summed E-state index contributed by atoms with van der Waals surface area (Å²) in [7, 11) is 3.30. The van der Waals surface area contributed by atoms with E-state index in [4.69, 9.17) is 9.47 Å². The fourth-order valence-electron chi connectivity index (χ4n) is 5.29. The number of ether oxygens (including phenoxy) is 2. The number of hydrogen-bond acceptors (Lipinski definition) is 4. The van der Waals surface area contributed by atoms with Crippen molar-refractivity contribution in [3.05, 3.63) is 139 Å². The smallest absolute Gasteiger partial charge is 0.193 e. The summed E-state index contributed by atoms with van der Waals surface area (Å²) in [5.74, 6) is 1.31. The van der Waals surface area contributed by atoms with Gasteiger partial charge < -0.3 is 9.47 Å². The van der Waals surface area contributed by atoms with Gasteiger partial charge in [-0.25, -0.2) is 0 Å². The molecule has 0 heterocycles. The number of carbonyl (C=O) groups excluding carboxylic acids is 2. The molecule has 0 unspecified atom stereocenters. The molecule has 0 N–H and O–H groups in total. The van der Waals surface area contributed by atoms with Crippen LogP contribution in [0.4, 0.5) is 0 Å². The van der Waals surface area contributed by atoms with Gasteiger partial charge in [0.15, 0.2) is 11.6 Å². The Labute approximate surface area is 270 Å². The van der Waals surface area contributed by atoms with Gasteiger partial charge in [0, 0.05) is 40.5 Å². The highest BCUT2D eigenvalue weighted by atomic mass is 127. The van der Waals surface area contributed by atoms with E-state index in [-0.39, 0.29) is 11.6 Å². The van der Waals surface area contributed by atoms with Gasteiger partial charge in [0.1, 0.15) is 11.5 Å². The normalized spacial score (nSPS) is 11.0. The zero-order valence-corrected chi connectivity index (χ0v) is 27.1. The average Bonchev–Trinajstić information content (AvgIpc) is 3.03. The third kappa shape index (κ3) is 5.29. The van der Waals surface area contributed by atoms with Crippen molar-refractivity contribution in [2.24, 2.45) is 0 Å². The Morgan fingerprint density at radius 3 is 1.19 bits per heavy atom. The summed E-state index contributed by atoms with van der Waals surface area (Å²) in [6.45, 7) is 0. The van der Waals surface area contributed by atoms with Gasteiger partial charge in [-0.1, -0.05) is 36.4 Å². The highest BCUT2D eigenvalue weighted by Crippen LogP contribution is 2.45. The first-order valence-corrected chi connectivity index (χ1v) is 15.4. The van der Waals surface area contributed by atoms with Crippen molar-refractivity contribution in [3.63, 3.8) is 0 Å². The minimum absolute atomic E-state index is 0.0289. The van der Waals surface area contributed by atoms with E-state index in [1.54, 1.807) is 14.2 Å². The Bertz CT molecular complexity index is 1850. The standard InChI is InChI=1S/C36H24I2O4/c1-41-31-17-9-23-19-25(35(39)21-3-11-27(37)12-4-21)7-15-29(23)33(31)34-30-16-8-26(20-24(30)10-18-32(34)42-2)36(40)22-5-13-28(38)14-6-22/h3-20H,1-2H3. The van der Waals surface area contributed by atoms with E-state index in [9.17, 15) is 9.59 Å². The lowest BCUT2D eigenvalue weighted by atomic mass is 9.90. The van der Waals surface area contributed by atoms with Crippen LogP contribution in [0.5, 0.6) is 11.5 Å². The van der Waals surface area contributed by atoms with Gasteiger partial charge in [-0.05, 0) is 140 Å². The van der Waals surface area contributed by atoms with E-state index in [0.717, 1.165) is 39.8 Å². The summed E-state index contributed by atoms with van der Waals surface area (Å²) in [4.78, 5) is 26.6. The minimum atomic E-state index is -0.0289. The first kappa shape index (κ1) is 28.4. The molecule has 0 atom stereocenters. The van der Waals surface area contributed by atoms with E-state index in [1.807, 2.05) is 109 Å². The molecule has 0 aliphatic carbocycles. The topological polar surface area (TPSA) is 52.6 Å². The van der Waals surface area contributed by atoms with Gasteiger partial charge in [-0.3, -0.25) is 9.59 Å². The lowest BCUT2D eigenvalue weighted by Crippen LogP contribution is -2.02. The van der Waals surface area contributed by atoms with Crippen LogP contribution in [0, 0.1) is 7.14 Å². The summed E-state index contributed by atoms with van der Waals surface area (Å²) in [5, 5.41) is 3.68. The molecule has 0 saturated heterocycles. The molecule has 4 nitrogen and oxygen atoms in total. The largest absolute Gasteiger partial charge is 0.496 e. The molecule has 0 radical (unpaired) electrons. The molecule has 0 fully saturated rings. The SMILES string of the molecule is COc1ccc2cc(C(=O)c3ccc(I)cc3)ccc2c1-c1c(OC)ccc2cc(C(=O)c3ccc(I)cc3)ccc12. The molecule has 6 heteroatoms. The highest BCUT2D eigenvalue weighted by molar-refractivity contribution is 14.1. The molecule has 0 aliphatic rings. The number of benzene rings is 6. The fourth-order valence-corrected chi connectivity index (χ4v) is 6.01. The molecule has 0 bridgehead atoms. The van der Waals surface area contributed by atoms with Crippen molar-refractivity contribution in [2.45, 2.75) is 0 Å². The Morgan fingerprint density at radius 2 is 0.833 bits per heavy atom. The number of rotatable bonds is 7. The maximum atomic E-state index is 13.3. The molecular weight excluding hydrogens is 750 g/mol. The number of carbonyl (C=O) groups is 2. The molecular formula is C36H24I2O4. The second-order valence-electron chi connectivity index (χ2n) is 9.83. The second-order valence-corrected chi connectivity index (χ2v) is 12.3. The van der Waals surface area contributed by atoms with Gasteiger partial charge >= 0.3 is 0 Å². The highest BCUT2D eigenvalue weighted by Gasteiger charge is 2.20.